The van der Waals surface area contributed by atoms with Gasteiger partial charge in [0.25, 0.3) is 6.10 Å². The minimum absolute atomic E-state index is 0.0638. The number of carboxylic acid groups (broad SMARTS) is 1. The monoisotopic (exact) mass is 350 g/mol. The Morgan fingerprint density at radius 1 is 0.958 bits per heavy atom. The van der Waals surface area contributed by atoms with Crippen LogP contribution in [-0.4, -0.2) is 72.6 Å². The summed E-state index contributed by atoms with van der Waals surface area (Å²) in [7, 11) is 1.83. The molecule has 1 atom stereocenters. The highest BCUT2D eigenvalue weighted by Crippen LogP contribution is 2.18. The van der Waals surface area contributed by atoms with E-state index < -0.39 is 54.4 Å². The molecule has 24 heavy (non-hydrogen) atoms. The summed E-state index contributed by atoms with van der Waals surface area (Å²) in [5.74, 6) is -6.92. The molecule has 0 aliphatic rings. The minimum atomic E-state index is -2.83. The summed E-state index contributed by atoms with van der Waals surface area (Å²) in [4.78, 5) is 56.9. The lowest BCUT2D eigenvalue weighted by Gasteiger charge is -2.22. The highest BCUT2D eigenvalue weighted by Gasteiger charge is 2.43. The van der Waals surface area contributed by atoms with Crippen LogP contribution < -0.4 is 0 Å². The van der Waals surface area contributed by atoms with Gasteiger partial charge in [-0.3, -0.25) is 9.59 Å². The Hall–Kier alpha value is -2.69. The highest BCUT2D eigenvalue weighted by molar-refractivity contribution is 6.00. The molecule has 0 heterocycles. The molecule has 0 rings (SSSR count). The van der Waals surface area contributed by atoms with E-state index in [0.29, 0.717) is 0 Å². The van der Waals surface area contributed by atoms with Gasteiger partial charge in [-0.1, -0.05) is 0 Å². The first-order chi connectivity index (χ1) is 11.1. The molecule has 0 aromatic rings. The molecule has 11 heteroatoms. The van der Waals surface area contributed by atoms with E-state index in [1.165, 1.54) is 6.92 Å². The molecular weight excluding hydrogens is 332 g/mol. The number of aliphatic hydroxyl groups is 1. The van der Waals surface area contributed by atoms with E-state index in [-0.39, 0.29) is 6.61 Å². The standard InChI is InChI=1S/C13H18O11/c1-4-23-7(14)5-13(20,12(18)19)6-8(15)24-9(10(16)21-2)11(17)22-3/h9,20H,4-6H2,1-3H3,(H,18,19). The van der Waals surface area contributed by atoms with E-state index in [1.807, 2.05) is 0 Å². The van der Waals surface area contributed by atoms with Crippen LogP contribution in [0.4, 0.5) is 0 Å². The minimum Gasteiger partial charge on any atom is -0.479 e. The Kier molecular flexibility index (Phi) is 8.39. The summed E-state index contributed by atoms with van der Waals surface area (Å²) in [6.07, 6.45) is -4.34. The van der Waals surface area contributed by atoms with Gasteiger partial charge >= 0.3 is 29.8 Å². The van der Waals surface area contributed by atoms with Crippen molar-refractivity contribution in [1.29, 1.82) is 0 Å². The first kappa shape index (κ1) is 21.3. The SMILES string of the molecule is CCOC(=O)CC(O)(CC(=O)OC(C(=O)OC)C(=O)OC)C(=O)O. The number of hydrogen-bond acceptors (Lipinski definition) is 10. The first-order valence-corrected chi connectivity index (χ1v) is 6.57. The number of hydrogen-bond donors (Lipinski definition) is 2. The summed E-state index contributed by atoms with van der Waals surface area (Å²) in [5, 5.41) is 18.9. The molecule has 136 valence electrons. The summed E-state index contributed by atoms with van der Waals surface area (Å²) in [6.45, 7) is 1.40. The van der Waals surface area contributed by atoms with E-state index in [4.69, 9.17) is 5.11 Å². The maximum Gasteiger partial charge on any atom is 0.359 e. The smallest absolute Gasteiger partial charge is 0.359 e. The number of methoxy groups -OCH3 is 2. The molecule has 0 saturated carbocycles. The van der Waals surface area contributed by atoms with E-state index >= 15 is 0 Å². The normalized spacial score (nSPS) is 12.7. The van der Waals surface area contributed by atoms with Gasteiger partial charge < -0.3 is 29.2 Å². The fraction of sp³-hybridized carbons (Fsp3) is 0.615. The number of rotatable bonds is 9. The topological polar surface area (TPSA) is 163 Å². The molecule has 0 aromatic carbocycles. The number of aliphatic carboxylic acids is 1. The van der Waals surface area contributed by atoms with Gasteiger partial charge in [-0.2, -0.15) is 0 Å². The molecular formula is C13H18O11. The lowest BCUT2D eigenvalue weighted by atomic mass is 9.96. The van der Waals surface area contributed by atoms with E-state index in [1.54, 1.807) is 0 Å². The Labute approximate surface area is 136 Å². The number of ether oxygens (including phenoxy) is 4. The molecule has 2 N–H and O–H groups in total. The zero-order valence-electron chi connectivity index (χ0n) is 13.3. The summed E-state index contributed by atoms with van der Waals surface area (Å²) in [6, 6.07) is 0. The number of esters is 4. The Bertz CT molecular complexity index is 496. The van der Waals surface area contributed by atoms with Crippen LogP contribution >= 0.6 is 0 Å². The molecule has 0 spiro atoms. The maximum absolute atomic E-state index is 11.7. The third-order valence-electron chi connectivity index (χ3n) is 2.66. The van der Waals surface area contributed by atoms with Crippen LogP contribution in [-0.2, 0) is 42.9 Å². The molecule has 0 bridgehead atoms. The second-order valence-corrected chi connectivity index (χ2v) is 4.41. The van der Waals surface area contributed by atoms with Gasteiger partial charge in [0.2, 0.25) is 0 Å². The van der Waals surface area contributed by atoms with E-state index in [2.05, 4.69) is 18.9 Å². The Morgan fingerprint density at radius 3 is 1.79 bits per heavy atom. The van der Waals surface area contributed by atoms with Crippen molar-refractivity contribution in [2.24, 2.45) is 0 Å². The number of carbonyl (C=O) groups excluding carboxylic acids is 4. The molecule has 1 unspecified atom stereocenters. The van der Waals surface area contributed by atoms with Gasteiger partial charge in [0.1, 0.15) is 0 Å². The summed E-state index contributed by atoms with van der Waals surface area (Å²) >= 11 is 0. The number of carboxylic acids is 1. The average molecular weight is 350 g/mol. The van der Waals surface area contributed by atoms with Gasteiger partial charge in [-0.05, 0) is 6.92 Å². The van der Waals surface area contributed by atoms with Crippen molar-refractivity contribution < 1.29 is 53.1 Å². The predicted molar refractivity (Wildman–Crippen MR) is 72.4 cm³/mol. The molecule has 11 nitrogen and oxygen atoms in total. The second kappa shape index (κ2) is 9.45. The van der Waals surface area contributed by atoms with Gasteiger partial charge in [0, 0.05) is 0 Å². The zero-order chi connectivity index (χ0) is 18.9. The van der Waals surface area contributed by atoms with Crippen LogP contribution in [0.1, 0.15) is 19.8 Å². The van der Waals surface area contributed by atoms with Crippen LogP contribution in [0.15, 0.2) is 0 Å². The van der Waals surface area contributed by atoms with Crippen molar-refractivity contribution in [3.63, 3.8) is 0 Å². The van der Waals surface area contributed by atoms with Crippen molar-refractivity contribution in [1.82, 2.24) is 0 Å². The van der Waals surface area contributed by atoms with Crippen molar-refractivity contribution in [3.8, 4) is 0 Å². The fourth-order valence-electron chi connectivity index (χ4n) is 1.48. The van der Waals surface area contributed by atoms with Crippen LogP contribution in [0.25, 0.3) is 0 Å². The molecule has 0 fully saturated rings. The van der Waals surface area contributed by atoms with E-state index in [0.717, 1.165) is 14.2 Å². The average Bonchev–Trinajstić information content (AvgIpc) is 2.50. The fourth-order valence-corrected chi connectivity index (χ4v) is 1.48. The molecule has 0 aliphatic heterocycles. The van der Waals surface area contributed by atoms with Crippen LogP contribution in [0.2, 0.25) is 0 Å². The quantitative estimate of drug-likeness (QED) is 0.280. The van der Waals surface area contributed by atoms with Crippen molar-refractivity contribution in [2.45, 2.75) is 31.5 Å². The van der Waals surface area contributed by atoms with Crippen LogP contribution in [0.5, 0.6) is 0 Å². The highest BCUT2D eigenvalue weighted by atomic mass is 16.6. The van der Waals surface area contributed by atoms with Crippen molar-refractivity contribution >= 4 is 29.8 Å². The number of carbonyl (C=O) groups is 5. The maximum atomic E-state index is 11.7. The zero-order valence-corrected chi connectivity index (χ0v) is 13.3. The van der Waals surface area contributed by atoms with Gasteiger partial charge in [0.05, 0.1) is 33.7 Å². The Morgan fingerprint density at radius 2 is 1.42 bits per heavy atom. The van der Waals surface area contributed by atoms with Gasteiger partial charge in [-0.15, -0.1) is 0 Å². The van der Waals surface area contributed by atoms with Gasteiger partial charge in [-0.25, -0.2) is 14.4 Å². The first-order valence-electron chi connectivity index (χ1n) is 6.57. The van der Waals surface area contributed by atoms with Crippen LogP contribution in [0.3, 0.4) is 0 Å². The molecule has 0 aliphatic carbocycles. The van der Waals surface area contributed by atoms with Crippen LogP contribution in [0, 0.1) is 0 Å². The largest absolute Gasteiger partial charge is 0.479 e. The second-order valence-electron chi connectivity index (χ2n) is 4.41. The molecule has 0 saturated heterocycles. The Balaban J connectivity index is 5.12. The third kappa shape index (κ3) is 6.20. The lowest BCUT2D eigenvalue weighted by molar-refractivity contribution is -0.183. The molecule has 0 radical (unpaired) electrons. The molecule has 0 amide bonds. The van der Waals surface area contributed by atoms with Crippen molar-refractivity contribution in [2.75, 3.05) is 20.8 Å². The predicted octanol–water partition coefficient (Wildman–Crippen LogP) is -1.60. The summed E-state index contributed by atoms with van der Waals surface area (Å²) < 4.78 is 17.5. The van der Waals surface area contributed by atoms with Gasteiger partial charge in [0.15, 0.2) is 5.60 Å². The molecule has 0 aromatic heterocycles. The lowest BCUT2D eigenvalue weighted by Crippen LogP contribution is -2.45. The summed E-state index contributed by atoms with van der Waals surface area (Å²) in [5.41, 5.74) is -2.83. The third-order valence-corrected chi connectivity index (χ3v) is 2.66. The van der Waals surface area contributed by atoms with E-state index in [9.17, 15) is 29.1 Å². The van der Waals surface area contributed by atoms with Crippen molar-refractivity contribution in [3.05, 3.63) is 0 Å².